The molecule has 1 aromatic heterocycles. The predicted molar refractivity (Wildman–Crippen MR) is 129 cm³/mol. The van der Waals surface area contributed by atoms with Crippen molar-refractivity contribution in [1.82, 2.24) is 9.88 Å². The van der Waals surface area contributed by atoms with Gasteiger partial charge < -0.3 is 14.7 Å². The van der Waals surface area contributed by atoms with Crippen molar-refractivity contribution >= 4 is 28.6 Å². The smallest absolute Gasteiger partial charge is 0.412 e. The van der Waals surface area contributed by atoms with E-state index in [1.54, 1.807) is 19.3 Å². The lowest BCUT2D eigenvalue weighted by Gasteiger charge is -2.28. The van der Waals surface area contributed by atoms with Crippen molar-refractivity contribution in [3.63, 3.8) is 0 Å². The fourth-order valence-corrected chi connectivity index (χ4v) is 3.71. The van der Waals surface area contributed by atoms with Crippen molar-refractivity contribution in [2.45, 2.75) is 38.1 Å². The number of benzene rings is 2. The van der Waals surface area contributed by atoms with E-state index in [4.69, 9.17) is 9.84 Å². The van der Waals surface area contributed by atoms with E-state index in [1.165, 1.54) is 17.0 Å². The van der Waals surface area contributed by atoms with Crippen LogP contribution < -0.4 is 5.32 Å². The molecule has 3 aromatic rings. The minimum absolute atomic E-state index is 0.0121. The quantitative estimate of drug-likeness (QED) is 0.385. The summed E-state index contributed by atoms with van der Waals surface area (Å²) in [6.07, 6.45) is 2.62. The number of carbonyl (C=O) groups excluding carboxylic acids is 2. The predicted octanol–water partition coefficient (Wildman–Crippen LogP) is 4.68. The summed E-state index contributed by atoms with van der Waals surface area (Å²) in [5, 5.41) is 13.5. The molecule has 2 aromatic carbocycles. The van der Waals surface area contributed by atoms with Gasteiger partial charge in [0.05, 0.1) is 6.04 Å². The molecule has 0 aliphatic carbocycles. The van der Waals surface area contributed by atoms with Crippen LogP contribution in [0.3, 0.4) is 0 Å². The lowest BCUT2D eigenvalue weighted by molar-refractivity contribution is -0.133. The Bertz CT molecular complexity index is 1160. The number of aryl methyl sites for hydroxylation is 1. The maximum absolute atomic E-state index is 13.9. The van der Waals surface area contributed by atoms with E-state index >= 15 is 0 Å². The third kappa shape index (κ3) is 7.45. The molecule has 3 rings (SSSR count). The number of amides is 2. The van der Waals surface area contributed by atoms with Gasteiger partial charge in [0.25, 0.3) is 0 Å². The number of rotatable bonds is 11. The number of fused-ring (bicyclic) bond motifs is 1. The maximum atomic E-state index is 13.9. The van der Waals surface area contributed by atoms with E-state index < -0.39 is 23.8 Å². The summed E-state index contributed by atoms with van der Waals surface area (Å²) in [5.74, 6) is -1.86. The largest absolute Gasteiger partial charge is 0.447 e. The van der Waals surface area contributed by atoms with Gasteiger partial charge in [-0.3, -0.25) is 10.1 Å². The second-order valence-corrected chi connectivity index (χ2v) is 8.23. The fraction of sp³-hybridized carbons (Fsp3) is 0.346. The summed E-state index contributed by atoms with van der Waals surface area (Å²) in [6, 6.07) is 12.8. The summed E-state index contributed by atoms with van der Waals surface area (Å²) in [7, 11) is 1.58. The fourth-order valence-electron chi connectivity index (χ4n) is 3.71. The van der Waals surface area contributed by atoms with Crippen LogP contribution in [0.25, 0.3) is 10.8 Å². The summed E-state index contributed by atoms with van der Waals surface area (Å²) in [6.45, 7) is -0.0559. The van der Waals surface area contributed by atoms with Crippen LogP contribution in [0, 0.1) is 11.6 Å². The Labute approximate surface area is 202 Å². The molecule has 2 amide bonds. The number of aliphatic hydroxyl groups excluding tert-OH is 1. The van der Waals surface area contributed by atoms with Crippen molar-refractivity contribution in [3.05, 3.63) is 71.9 Å². The molecule has 0 unspecified atom stereocenters. The van der Waals surface area contributed by atoms with Gasteiger partial charge in [-0.2, -0.15) is 0 Å². The van der Waals surface area contributed by atoms with Gasteiger partial charge in [-0.15, -0.1) is 0 Å². The number of halogens is 2. The normalized spacial score (nSPS) is 11.8. The van der Waals surface area contributed by atoms with Gasteiger partial charge in [-0.1, -0.05) is 36.4 Å². The molecule has 2 N–H and O–H groups in total. The molecule has 0 aliphatic heterocycles. The lowest BCUT2D eigenvalue weighted by atomic mass is 10.1. The lowest BCUT2D eigenvalue weighted by Crippen LogP contribution is -2.41. The minimum atomic E-state index is -0.954. The maximum Gasteiger partial charge on any atom is 0.412 e. The number of hydrogen-bond acceptors (Lipinski definition) is 5. The van der Waals surface area contributed by atoms with Gasteiger partial charge in [0.1, 0.15) is 12.4 Å². The number of likely N-dealkylation sites (N-methyl/N-ethyl adjacent to an activating group) is 1. The summed E-state index contributed by atoms with van der Waals surface area (Å²) in [5.41, 5.74) is 0.127. The van der Waals surface area contributed by atoms with Gasteiger partial charge >= 0.3 is 6.09 Å². The summed E-state index contributed by atoms with van der Waals surface area (Å²) >= 11 is 0. The number of aromatic nitrogens is 1. The van der Waals surface area contributed by atoms with Crippen LogP contribution in [0.2, 0.25) is 0 Å². The van der Waals surface area contributed by atoms with Crippen LogP contribution in [-0.4, -0.2) is 53.3 Å². The van der Waals surface area contributed by atoms with E-state index in [9.17, 15) is 18.4 Å². The van der Waals surface area contributed by atoms with E-state index in [2.05, 4.69) is 10.3 Å². The number of nitrogens with one attached hydrogen (secondary N) is 1. The molecule has 35 heavy (non-hydrogen) atoms. The van der Waals surface area contributed by atoms with Crippen LogP contribution in [-0.2, 0) is 16.0 Å². The van der Waals surface area contributed by atoms with Gasteiger partial charge in [0, 0.05) is 31.7 Å². The zero-order valence-electron chi connectivity index (χ0n) is 19.5. The molecule has 186 valence electrons. The van der Waals surface area contributed by atoms with Crippen molar-refractivity contribution in [1.29, 1.82) is 0 Å². The van der Waals surface area contributed by atoms with Crippen molar-refractivity contribution in [3.8, 4) is 0 Å². The molecule has 0 radical (unpaired) electrons. The number of ether oxygens (including phenoxy) is 1. The standard InChI is InChI=1S/C26H29F2N3O4/c1-31(24(33)13-12-18-9-6-11-22(27)25(18)28)21(10-4-5-14-32)17-35-26(34)30-23-15-19-7-2-3-8-20(19)16-29-23/h2-3,6-9,11,15-16,21,32H,4-5,10,12-14,17H2,1H3,(H,29,30,34)/t21-/m0/s1. The molecule has 0 fully saturated rings. The van der Waals surface area contributed by atoms with E-state index in [0.717, 1.165) is 16.8 Å². The van der Waals surface area contributed by atoms with E-state index in [0.29, 0.717) is 25.1 Å². The molecular formula is C26H29F2N3O4. The number of pyridine rings is 1. The first-order valence-corrected chi connectivity index (χ1v) is 11.5. The Hall–Kier alpha value is -3.59. The second kappa shape index (κ2) is 12.8. The topological polar surface area (TPSA) is 91.8 Å². The third-order valence-corrected chi connectivity index (χ3v) is 5.79. The number of anilines is 1. The van der Waals surface area contributed by atoms with Crippen molar-refractivity contribution in [2.24, 2.45) is 0 Å². The number of hydrogen-bond donors (Lipinski definition) is 2. The second-order valence-electron chi connectivity index (χ2n) is 8.23. The highest BCUT2D eigenvalue weighted by atomic mass is 19.2. The molecule has 9 heteroatoms. The van der Waals surface area contributed by atoms with Crippen LogP contribution in [0.15, 0.2) is 54.7 Å². The Kier molecular flexibility index (Phi) is 9.48. The molecule has 0 saturated carbocycles. The number of nitrogens with zero attached hydrogens (tertiary/aromatic N) is 2. The molecule has 0 aliphatic rings. The monoisotopic (exact) mass is 485 g/mol. The number of unbranched alkanes of at least 4 members (excludes halogenated alkanes) is 1. The van der Waals surface area contributed by atoms with Gasteiger partial charge in [0.15, 0.2) is 11.6 Å². The molecule has 0 spiro atoms. The third-order valence-electron chi connectivity index (χ3n) is 5.79. The van der Waals surface area contributed by atoms with Gasteiger partial charge in [-0.25, -0.2) is 18.6 Å². The summed E-state index contributed by atoms with van der Waals surface area (Å²) < 4.78 is 32.7. The van der Waals surface area contributed by atoms with E-state index in [1.807, 2.05) is 24.3 Å². The molecule has 0 saturated heterocycles. The molecule has 0 bridgehead atoms. The number of aliphatic hydroxyl groups is 1. The molecular weight excluding hydrogens is 456 g/mol. The highest BCUT2D eigenvalue weighted by Gasteiger charge is 2.22. The van der Waals surface area contributed by atoms with E-state index in [-0.39, 0.29) is 37.5 Å². The van der Waals surface area contributed by atoms with Crippen LogP contribution in [0.1, 0.15) is 31.2 Å². The number of carbonyl (C=O) groups is 2. The molecule has 1 heterocycles. The van der Waals surface area contributed by atoms with Crippen LogP contribution >= 0.6 is 0 Å². The van der Waals surface area contributed by atoms with Gasteiger partial charge in [0.2, 0.25) is 5.91 Å². The van der Waals surface area contributed by atoms with Crippen molar-refractivity contribution in [2.75, 3.05) is 25.6 Å². The average Bonchev–Trinajstić information content (AvgIpc) is 2.86. The zero-order chi connectivity index (χ0) is 25.2. The Balaban J connectivity index is 1.57. The highest BCUT2D eigenvalue weighted by Crippen LogP contribution is 2.17. The molecule has 7 nitrogen and oxygen atoms in total. The Morgan fingerprint density at radius 1 is 1.11 bits per heavy atom. The SMILES string of the molecule is CN(C(=O)CCc1cccc(F)c1F)[C@@H](CCCCO)COC(=O)Nc1cc2ccccc2cn1. The highest BCUT2D eigenvalue weighted by molar-refractivity contribution is 5.89. The van der Waals surface area contributed by atoms with Crippen molar-refractivity contribution < 1.29 is 28.2 Å². The first-order chi connectivity index (χ1) is 16.9. The summed E-state index contributed by atoms with van der Waals surface area (Å²) in [4.78, 5) is 30.8. The minimum Gasteiger partial charge on any atom is -0.447 e. The first-order valence-electron chi connectivity index (χ1n) is 11.5. The zero-order valence-corrected chi connectivity index (χ0v) is 19.5. The molecule has 1 atom stereocenters. The first kappa shape index (κ1) is 26.0. The van der Waals surface area contributed by atoms with Crippen LogP contribution in [0.4, 0.5) is 19.4 Å². The average molecular weight is 486 g/mol. The van der Waals surface area contributed by atoms with Gasteiger partial charge in [-0.05, 0) is 48.8 Å². The Morgan fingerprint density at radius 3 is 2.66 bits per heavy atom. The van der Waals surface area contributed by atoms with Crippen LogP contribution in [0.5, 0.6) is 0 Å². The Morgan fingerprint density at radius 2 is 1.89 bits per heavy atom.